The van der Waals surface area contributed by atoms with Gasteiger partial charge in [-0.2, -0.15) is 5.26 Å². The molecular weight excluding hydrogens is 272 g/mol. The van der Waals surface area contributed by atoms with Crippen LogP contribution in [0.4, 0.5) is 5.82 Å². The molecular formula is C18H28N4. The molecule has 1 aromatic heterocycles. The highest BCUT2D eigenvalue weighted by molar-refractivity contribution is 5.52. The molecule has 0 saturated carbocycles. The second-order valence-electron chi connectivity index (χ2n) is 6.69. The Morgan fingerprint density at radius 3 is 2.32 bits per heavy atom. The number of piperazine rings is 1. The third-order valence-corrected chi connectivity index (χ3v) is 5.27. The minimum Gasteiger partial charge on any atom is -0.354 e. The predicted molar refractivity (Wildman–Crippen MR) is 91.3 cm³/mol. The average molecular weight is 300 g/mol. The lowest BCUT2D eigenvalue weighted by Crippen LogP contribution is -2.45. The van der Waals surface area contributed by atoms with E-state index in [-0.39, 0.29) is 5.41 Å². The van der Waals surface area contributed by atoms with Crippen molar-refractivity contribution in [1.82, 2.24) is 9.88 Å². The van der Waals surface area contributed by atoms with Crippen LogP contribution in [-0.4, -0.2) is 43.1 Å². The number of likely N-dealkylation sites (N-methyl/N-ethyl adjacent to an activating group) is 1. The Hall–Kier alpha value is -1.60. The van der Waals surface area contributed by atoms with Gasteiger partial charge < -0.3 is 9.80 Å². The Bertz CT molecular complexity index is 561. The molecule has 1 aromatic rings. The van der Waals surface area contributed by atoms with E-state index >= 15 is 0 Å². The Labute approximate surface area is 134 Å². The van der Waals surface area contributed by atoms with Crippen LogP contribution in [0.15, 0.2) is 6.07 Å². The number of anilines is 1. The maximum Gasteiger partial charge on any atom is 0.129 e. The quantitative estimate of drug-likeness (QED) is 0.857. The smallest absolute Gasteiger partial charge is 0.129 e. The van der Waals surface area contributed by atoms with Crippen molar-refractivity contribution in [1.29, 1.82) is 5.26 Å². The highest BCUT2D eigenvalue weighted by Crippen LogP contribution is 2.34. The maximum absolute atomic E-state index is 9.58. The Balaban J connectivity index is 2.47. The average Bonchev–Trinajstić information content (AvgIpc) is 2.54. The lowest BCUT2D eigenvalue weighted by molar-refractivity contribution is 0.311. The van der Waals surface area contributed by atoms with Crippen molar-refractivity contribution in [2.45, 2.75) is 46.0 Å². The fraction of sp³-hybridized carbons (Fsp3) is 0.667. The molecule has 0 unspecified atom stereocenters. The van der Waals surface area contributed by atoms with Crippen LogP contribution < -0.4 is 4.90 Å². The van der Waals surface area contributed by atoms with E-state index in [1.54, 1.807) is 0 Å². The van der Waals surface area contributed by atoms with Crippen molar-refractivity contribution in [3.63, 3.8) is 0 Å². The number of nitriles is 1. The number of aryl methyl sites for hydroxylation is 1. The van der Waals surface area contributed by atoms with Gasteiger partial charge in [0.15, 0.2) is 0 Å². The van der Waals surface area contributed by atoms with Crippen LogP contribution in [0.3, 0.4) is 0 Å². The Morgan fingerprint density at radius 2 is 1.82 bits per heavy atom. The van der Waals surface area contributed by atoms with E-state index in [1.807, 2.05) is 6.92 Å². The number of nitrogens with zero attached hydrogens (tertiary/aromatic N) is 4. The standard InChI is InChI=1S/C18H28N4/c1-6-18(4,7-2)17-15(13-19)14(3)12-16(20-17)22-10-8-21(5)9-11-22/h12H,6-11H2,1-5H3. The summed E-state index contributed by atoms with van der Waals surface area (Å²) < 4.78 is 0. The molecule has 0 spiro atoms. The molecule has 4 heteroatoms. The summed E-state index contributed by atoms with van der Waals surface area (Å²) in [6, 6.07) is 4.47. The van der Waals surface area contributed by atoms with Crippen molar-refractivity contribution < 1.29 is 0 Å². The van der Waals surface area contributed by atoms with Crippen molar-refractivity contribution in [2.75, 3.05) is 38.1 Å². The number of aromatic nitrogens is 1. The van der Waals surface area contributed by atoms with Gasteiger partial charge in [-0.05, 0) is 38.4 Å². The molecule has 0 radical (unpaired) electrons. The molecule has 0 bridgehead atoms. The van der Waals surface area contributed by atoms with Gasteiger partial charge in [0.2, 0.25) is 0 Å². The van der Waals surface area contributed by atoms with Gasteiger partial charge in [-0.3, -0.25) is 0 Å². The van der Waals surface area contributed by atoms with E-state index in [4.69, 9.17) is 4.98 Å². The lowest BCUT2D eigenvalue weighted by atomic mass is 9.78. The number of hydrogen-bond acceptors (Lipinski definition) is 4. The van der Waals surface area contributed by atoms with Gasteiger partial charge in [-0.25, -0.2) is 4.98 Å². The molecule has 2 rings (SSSR count). The summed E-state index contributed by atoms with van der Waals surface area (Å²) in [5.41, 5.74) is 2.77. The summed E-state index contributed by atoms with van der Waals surface area (Å²) in [4.78, 5) is 9.65. The first-order valence-electron chi connectivity index (χ1n) is 8.31. The van der Waals surface area contributed by atoms with Crippen LogP contribution >= 0.6 is 0 Å². The Kier molecular flexibility index (Phi) is 5.08. The molecule has 0 amide bonds. The minimum absolute atomic E-state index is 0.0294. The zero-order valence-corrected chi connectivity index (χ0v) is 14.6. The highest BCUT2D eigenvalue weighted by atomic mass is 15.3. The van der Waals surface area contributed by atoms with Crippen molar-refractivity contribution in [2.24, 2.45) is 0 Å². The summed E-state index contributed by atoms with van der Waals surface area (Å²) in [5.74, 6) is 1.03. The first kappa shape index (κ1) is 16.8. The van der Waals surface area contributed by atoms with Gasteiger partial charge in [-0.15, -0.1) is 0 Å². The van der Waals surface area contributed by atoms with Crippen molar-refractivity contribution >= 4 is 5.82 Å². The fourth-order valence-electron chi connectivity index (χ4n) is 3.02. The molecule has 1 aliphatic rings. The van der Waals surface area contributed by atoms with Crippen LogP contribution in [0.1, 0.15) is 50.4 Å². The lowest BCUT2D eigenvalue weighted by Gasteiger charge is -2.35. The van der Waals surface area contributed by atoms with Gasteiger partial charge in [0.1, 0.15) is 11.9 Å². The molecule has 1 fully saturated rings. The van der Waals surface area contributed by atoms with Gasteiger partial charge in [0.05, 0.1) is 11.3 Å². The summed E-state index contributed by atoms with van der Waals surface area (Å²) >= 11 is 0. The van der Waals surface area contributed by atoms with E-state index in [9.17, 15) is 5.26 Å². The Morgan fingerprint density at radius 1 is 1.23 bits per heavy atom. The fourth-order valence-corrected chi connectivity index (χ4v) is 3.02. The molecule has 1 aliphatic heterocycles. The van der Waals surface area contributed by atoms with E-state index in [0.717, 1.165) is 61.7 Å². The third-order valence-electron chi connectivity index (χ3n) is 5.27. The van der Waals surface area contributed by atoms with E-state index < -0.39 is 0 Å². The molecule has 0 aliphatic carbocycles. The van der Waals surface area contributed by atoms with Gasteiger partial charge in [-0.1, -0.05) is 20.8 Å². The number of pyridine rings is 1. The molecule has 0 atom stereocenters. The summed E-state index contributed by atoms with van der Waals surface area (Å²) in [5, 5.41) is 9.58. The number of rotatable bonds is 4. The second-order valence-corrected chi connectivity index (χ2v) is 6.69. The van der Waals surface area contributed by atoms with Crippen LogP contribution in [0.5, 0.6) is 0 Å². The van der Waals surface area contributed by atoms with Crippen LogP contribution in [0, 0.1) is 18.3 Å². The first-order valence-corrected chi connectivity index (χ1v) is 8.31. The maximum atomic E-state index is 9.58. The molecule has 2 heterocycles. The third kappa shape index (κ3) is 3.10. The van der Waals surface area contributed by atoms with Crippen molar-refractivity contribution in [3.8, 4) is 6.07 Å². The molecule has 0 N–H and O–H groups in total. The number of hydrogen-bond donors (Lipinski definition) is 0. The SMILES string of the molecule is CCC(C)(CC)c1nc(N2CCN(C)CC2)cc(C)c1C#N. The zero-order chi connectivity index (χ0) is 16.3. The molecule has 0 aromatic carbocycles. The molecule has 120 valence electrons. The summed E-state index contributed by atoms with van der Waals surface area (Å²) in [6.45, 7) is 12.8. The van der Waals surface area contributed by atoms with E-state index in [0.29, 0.717) is 0 Å². The second kappa shape index (κ2) is 6.66. The van der Waals surface area contributed by atoms with Gasteiger partial charge >= 0.3 is 0 Å². The molecule has 4 nitrogen and oxygen atoms in total. The van der Waals surface area contributed by atoms with E-state index in [1.165, 1.54) is 0 Å². The zero-order valence-electron chi connectivity index (χ0n) is 14.6. The summed E-state index contributed by atoms with van der Waals surface area (Å²) in [7, 11) is 2.16. The minimum atomic E-state index is -0.0294. The first-order chi connectivity index (χ1) is 10.4. The van der Waals surface area contributed by atoms with Crippen molar-refractivity contribution in [3.05, 3.63) is 22.9 Å². The van der Waals surface area contributed by atoms with E-state index in [2.05, 4.69) is 49.8 Å². The normalized spacial score (nSPS) is 16.6. The topological polar surface area (TPSA) is 43.2 Å². The largest absolute Gasteiger partial charge is 0.354 e. The van der Waals surface area contributed by atoms with Crippen LogP contribution in [0.2, 0.25) is 0 Å². The predicted octanol–water partition coefficient (Wildman–Crippen LogP) is 3.09. The van der Waals surface area contributed by atoms with Crippen LogP contribution in [0.25, 0.3) is 0 Å². The highest BCUT2D eigenvalue weighted by Gasteiger charge is 2.29. The van der Waals surface area contributed by atoms with Gasteiger partial charge in [0.25, 0.3) is 0 Å². The molecule has 1 saturated heterocycles. The van der Waals surface area contributed by atoms with Crippen LogP contribution in [-0.2, 0) is 5.41 Å². The monoisotopic (exact) mass is 300 g/mol. The van der Waals surface area contributed by atoms with Gasteiger partial charge in [0, 0.05) is 31.6 Å². The molecule has 22 heavy (non-hydrogen) atoms. The summed E-state index contributed by atoms with van der Waals surface area (Å²) in [6.07, 6.45) is 1.99.